The van der Waals surface area contributed by atoms with E-state index in [4.69, 9.17) is 0 Å². The molecule has 114 valence electrons. The van der Waals surface area contributed by atoms with Gasteiger partial charge in [0.1, 0.15) is 0 Å². The van der Waals surface area contributed by atoms with Crippen LogP contribution in [0.2, 0.25) is 0 Å². The van der Waals surface area contributed by atoms with Gasteiger partial charge >= 0.3 is 0 Å². The summed E-state index contributed by atoms with van der Waals surface area (Å²) in [5.41, 5.74) is 1.93. The van der Waals surface area contributed by atoms with Gasteiger partial charge in [-0.05, 0) is 44.1 Å². The largest absolute Gasteiger partial charge is 0.504 e. The fourth-order valence-electron chi connectivity index (χ4n) is 3.41. The summed E-state index contributed by atoms with van der Waals surface area (Å²) in [6, 6.07) is 0. The van der Waals surface area contributed by atoms with Gasteiger partial charge in [0.15, 0.2) is 11.5 Å². The van der Waals surface area contributed by atoms with E-state index in [2.05, 4.69) is 19.9 Å². The first-order valence-electron chi connectivity index (χ1n) is 7.76. The summed E-state index contributed by atoms with van der Waals surface area (Å²) in [5.74, 6) is -0.374. The van der Waals surface area contributed by atoms with Crippen LogP contribution in [0, 0.1) is 17.8 Å². The molecule has 0 fully saturated rings. The van der Waals surface area contributed by atoms with Gasteiger partial charge in [-0.2, -0.15) is 0 Å². The summed E-state index contributed by atoms with van der Waals surface area (Å²) >= 11 is 0. The minimum absolute atomic E-state index is 0.148. The van der Waals surface area contributed by atoms with Crippen LogP contribution in [-0.2, 0) is 9.59 Å². The second-order valence-electron chi connectivity index (χ2n) is 6.46. The lowest BCUT2D eigenvalue weighted by Crippen LogP contribution is -2.31. The summed E-state index contributed by atoms with van der Waals surface area (Å²) in [5, 5.41) is 10.3. The number of carbonyl (C=O) groups is 2. The van der Waals surface area contributed by atoms with Crippen LogP contribution in [0.1, 0.15) is 47.0 Å². The molecule has 0 saturated carbocycles. The molecule has 2 atom stereocenters. The molecule has 0 radical (unpaired) electrons. The Hall–Kier alpha value is -1.64. The van der Waals surface area contributed by atoms with Crippen molar-refractivity contribution in [3.63, 3.8) is 0 Å². The van der Waals surface area contributed by atoms with Crippen LogP contribution in [-0.4, -0.2) is 16.7 Å². The number of ketones is 2. The van der Waals surface area contributed by atoms with E-state index in [0.29, 0.717) is 29.4 Å². The molecule has 0 aliphatic heterocycles. The fourth-order valence-corrected chi connectivity index (χ4v) is 3.41. The standard InChI is InChI=1S/C18H24O3/c1-5-12-9-15(19)16(18(21)17(12)20)14-8-11(4)6-7-13(14)10(2)3/h8-10,13-14,21H,5-7H2,1-4H3/t13-,14+/m0/s1. The Labute approximate surface area is 126 Å². The van der Waals surface area contributed by atoms with E-state index in [1.54, 1.807) is 0 Å². The third-order valence-corrected chi connectivity index (χ3v) is 4.70. The van der Waals surface area contributed by atoms with Gasteiger partial charge in [-0.1, -0.05) is 32.4 Å². The van der Waals surface area contributed by atoms with E-state index in [1.807, 2.05) is 13.8 Å². The van der Waals surface area contributed by atoms with Crippen LogP contribution in [0.5, 0.6) is 0 Å². The summed E-state index contributed by atoms with van der Waals surface area (Å²) in [6.07, 6.45) is 5.95. The zero-order chi connectivity index (χ0) is 15.7. The molecular formula is C18H24O3. The van der Waals surface area contributed by atoms with E-state index < -0.39 is 0 Å². The predicted octanol–water partition coefficient (Wildman–Crippen LogP) is 3.92. The topological polar surface area (TPSA) is 54.4 Å². The highest BCUT2D eigenvalue weighted by Gasteiger charge is 2.37. The first-order valence-corrected chi connectivity index (χ1v) is 7.76. The zero-order valence-corrected chi connectivity index (χ0v) is 13.3. The van der Waals surface area contributed by atoms with Gasteiger partial charge in [-0.3, -0.25) is 9.59 Å². The lowest BCUT2D eigenvalue weighted by Gasteiger charge is -2.34. The number of Topliss-reactive ketones (excluding diaryl/α,β-unsaturated/α-hetero) is 1. The zero-order valence-electron chi connectivity index (χ0n) is 13.3. The van der Waals surface area contributed by atoms with Gasteiger partial charge in [-0.15, -0.1) is 0 Å². The Bertz CT molecular complexity index is 561. The monoisotopic (exact) mass is 288 g/mol. The van der Waals surface area contributed by atoms with E-state index in [9.17, 15) is 14.7 Å². The van der Waals surface area contributed by atoms with Crippen molar-refractivity contribution >= 4 is 11.6 Å². The second kappa shape index (κ2) is 6.00. The summed E-state index contributed by atoms with van der Waals surface area (Å²) < 4.78 is 0. The Morgan fingerprint density at radius 3 is 2.57 bits per heavy atom. The van der Waals surface area contributed by atoms with Crippen molar-refractivity contribution in [1.82, 2.24) is 0 Å². The summed E-state index contributed by atoms with van der Waals surface area (Å²) in [6.45, 7) is 8.12. The quantitative estimate of drug-likeness (QED) is 0.632. The minimum atomic E-state index is -0.383. The number of rotatable bonds is 3. The highest BCUT2D eigenvalue weighted by molar-refractivity contribution is 6.21. The molecule has 1 N–H and O–H groups in total. The van der Waals surface area contributed by atoms with Crippen molar-refractivity contribution in [1.29, 1.82) is 0 Å². The number of aliphatic hydroxyl groups is 1. The first-order chi connectivity index (χ1) is 9.86. The number of carbonyl (C=O) groups excluding carboxylic acids is 2. The van der Waals surface area contributed by atoms with Crippen LogP contribution in [0.4, 0.5) is 0 Å². The van der Waals surface area contributed by atoms with Gasteiger partial charge in [0.2, 0.25) is 5.78 Å². The van der Waals surface area contributed by atoms with Crippen molar-refractivity contribution in [3.8, 4) is 0 Å². The molecule has 0 aromatic heterocycles. The highest BCUT2D eigenvalue weighted by atomic mass is 16.3. The molecular weight excluding hydrogens is 264 g/mol. The van der Waals surface area contributed by atoms with Crippen LogP contribution >= 0.6 is 0 Å². The van der Waals surface area contributed by atoms with E-state index in [1.165, 1.54) is 11.6 Å². The third kappa shape index (κ3) is 2.87. The van der Waals surface area contributed by atoms with Crippen LogP contribution < -0.4 is 0 Å². The van der Waals surface area contributed by atoms with E-state index >= 15 is 0 Å². The van der Waals surface area contributed by atoms with Gasteiger partial charge < -0.3 is 5.11 Å². The number of allylic oxidation sites excluding steroid dienone is 5. The smallest absolute Gasteiger partial charge is 0.223 e. The SMILES string of the molecule is CCC1=CC(=O)C([C@@H]2C=C(C)CC[C@H]2C(C)C)=C(O)C1=O. The molecule has 2 aliphatic rings. The van der Waals surface area contributed by atoms with Crippen LogP contribution in [0.15, 0.2) is 34.6 Å². The van der Waals surface area contributed by atoms with Crippen LogP contribution in [0.3, 0.4) is 0 Å². The highest BCUT2D eigenvalue weighted by Crippen LogP contribution is 2.40. The number of hydrogen-bond donors (Lipinski definition) is 1. The van der Waals surface area contributed by atoms with Gasteiger partial charge in [0, 0.05) is 11.5 Å². The van der Waals surface area contributed by atoms with Crippen molar-refractivity contribution in [2.24, 2.45) is 17.8 Å². The molecule has 2 aliphatic carbocycles. The number of aliphatic hydroxyl groups excluding tert-OH is 1. The van der Waals surface area contributed by atoms with Gasteiger partial charge in [0.25, 0.3) is 0 Å². The maximum Gasteiger partial charge on any atom is 0.223 e. The molecule has 0 heterocycles. The molecule has 3 heteroatoms. The van der Waals surface area contributed by atoms with Crippen molar-refractivity contribution in [3.05, 3.63) is 34.6 Å². The Balaban J connectivity index is 2.48. The van der Waals surface area contributed by atoms with E-state index in [-0.39, 0.29) is 23.2 Å². The molecule has 0 unspecified atom stereocenters. The second-order valence-corrected chi connectivity index (χ2v) is 6.46. The lowest BCUT2D eigenvalue weighted by molar-refractivity contribution is -0.118. The molecule has 3 nitrogen and oxygen atoms in total. The molecule has 0 bridgehead atoms. The average molecular weight is 288 g/mol. The lowest BCUT2D eigenvalue weighted by atomic mass is 9.69. The van der Waals surface area contributed by atoms with Crippen molar-refractivity contribution in [2.45, 2.75) is 47.0 Å². The Morgan fingerprint density at radius 2 is 2.00 bits per heavy atom. The van der Waals surface area contributed by atoms with Gasteiger partial charge in [-0.25, -0.2) is 0 Å². The molecule has 0 saturated heterocycles. The number of hydrogen-bond acceptors (Lipinski definition) is 3. The van der Waals surface area contributed by atoms with Crippen molar-refractivity contribution < 1.29 is 14.7 Å². The predicted molar refractivity (Wildman–Crippen MR) is 82.9 cm³/mol. The third-order valence-electron chi connectivity index (χ3n) is 4.70. The minimum Gasteiger partial charge on any atom is -0.504 e. The normalized spacial score (nSPS) is 27.1. The molecule has 0 spiro atoms. The molecule has 0 amide bonds. The molecule has 2 rings (SSSR count). The molecule has 0 aromatic carbocycles. The summed E-state index contributed by atoms with van der Waals surface area (Å²) in [7, 11) is 0. The summed E-state index contributed by atoms with van der Waals surface area (Å²) in [4.78, 5) is 24.6. The fraction of sp³-hybridized carbons (Fsp3) is 0.556. The Morgan fingerprint density at radius 1 is 1.33 bits per heavy atom. The Kier molecular flexibility index (Phi) is 4.50. The maximum absolute atomic E-state index is 12.4. The molecule has 21 heavy (non-hydrogen) atoms. The van der Waals surface area contributed by atoms with E-state index in [0.717, 1.165) is 12.8 Å². The van der Waals surface area contributed by atoms with Crippen LogP contribution in [0.25, 0.3) is 0 Å². The first kappa shape index (κ1) is 15.7. The maximum atomic E-state index is 12.4. The van der Waals surface area contributed by atoms with Gasteiger partial charge in [0.05, 0.1) is 5.57 Å². The van der Waals surface area contributed by atoms with Crippen molar-refractivity contribution in [2.75, 3.05) is 0 Å². The molecule has 0 aromatic rings. The average Bonchev–Trinajstić information content (AvgIpc) is 2.42.